The maximum absolute atomic E-state index is 6.01. The van der Waals surface area contributed by atoms with Gasteiger partial charge in [0.25, 0.3) is 0 Å². The Bertz CT molecular complexity index is 340. The van der Waals surface area contributed by atoms with Crippen LogP contribution in [0, 0.1) is 0 Å². The number of nitrogens with two attached hydrogens (primary N) is 1. The molecular weight excluding hydrogens is 214 g/mol. The minimum atomic E-state index is -0.116. The van der Waals surface area contributed by atoms with Crippen LogP contribution in [-0.4, -0.2) is 13.7 Å². The summed E-state index contributed by atoms with van der Waals surface area (Å²) < 4.78 is 10.6. The summed E-state index contributed by atoms with van der Waals surface area (Å²) in [6.45, 7) is 4.40. The first-order valence-corrected chi connectivity index (χ1v) is 5.23. The molecule has 0 aromatic heterocycles. The van der Waals surface area contributed by atoms with Gasteiger partial charge in [-0.2, -0.15) is 0 Å². The Morgan fingerprint density at radius 2 is 2.07 bits per heavy atom. The van der Waals surface area contributed by atoms with Gasteiger partial charge in [-0.05, 0) is 19.9 Å². The maximum Gasteiger partial charge on any atom is 0.141 e. The molecule has 0 heterocycles. The zero-order valence-corrected chi connectivity index (χ0v) is 9.97. The summed E-state index contributed by atoms with van der Waals surface area (Å²) in [7, 11) is 1.57. The van der Waals surface area contributed by atoms with Crippen LogP contribution in [0.2, 0.25) is 5.02 Å². The molecule has 0 radical (unpaired) electrons. The SMILES string of the molecule is CCOc1cc(OC)c(Cl)cc1C(C)N. The normalized spacial score (nSPS) is 12.3. The molecule has 1 aromatic rings. The number of benzene rings is 1. The zero-order chi connectivity index (χ0) is 11.4. The molecule has 0 aliphatic carbocycles. The monoisotopic (exact) mass is 229 g/mol. The Balaban J connectivity index is 3.19. The average Bonchev–Trinajstić information content (AvgIpc) is 2.20. The van der Waals surface area contributed by atoms with Crippen LogP contribution in [0.25, 0.3) is 0 Å². The van der Waals surface area contributed by atoms with Gasteiger partial charge in [-0.25, -0.2) is 0 Å². The largest absolute Gasteiger partial charge is 0.495 e. The molecule has 0 aliphatic heterocycles. The predicted molar refractivity (Wildman–Crippen MR) is 61.8 cm³/mol. The molecule has 1 atom stereocenters. The molecule has 0 saturated heterocycles. The van der Waals surface area contributed by atoms with Crippen LogP contribution in [0.3, 0.4) is 0 Å². The van der Waals surface area contributed by atoms with E-state index in [9.17, 15) is 0 Å². The van der Waals surface area contributed by atoms with E-state index in [0.29, 0.717) is 17.4 Å². The molecule has 0 bridgehead atoms. The smallest absolute Gasteiger partial charge is 0.141 e. The summed E-state index contributed by atoms with van der Waals surface area (Å²) >= 11 is 6.01. The number of methoxy groups -OCH3 is 1. The number of ether oxygens (including phenoxy) is 2. The van der Waals surface area contributed by atoms with Crippen molar-refractivity contribution in [3.63, 3.8) is 0 Å². The fourth-order valence-electron chi connectivity index (χ4n) is 1.34. The zero-order valence-electron chi connectivity index (χ0n) is 9.21. The highest BCUT2D eigenvalue weighted by atomic mass is 35.5. The van der Waals surface area contributed by atoms with Gasteiger partial charge in [0.2, 0.25) is 0 Å². The molecule has 1 unspecified atom stereocenters. The van der Waals surface area contributed by atoms with E-state index >= 15 is 0 Å². The van der Waals surface area contributed by atoms with E-state index in [2.05, 4.69) is 0 Å². The minimum Gasteiger partial charge on any atom is -0.495 e. The second kappa shape index (κ2) is 5.24. The molecule has 4 heteroatoms. The van der Waals surface area contributed by atoms with Crippen LogP contribution < -0.4 is 15.2 Å². The molecular formula is C11H16ClNO2. The molecule has 0 fully saturated rings. The van der Waals surface area contributed by atoms with Crippen LogP contribution in [-0.2, 0) is 0 Å². The van der Waals surface area contributed by atoms with Crippen LogP contribution >= 0.6 is 11.6 Å². The fourth-order valence-corrected chi connectivity index (χ4v) is 1.59. The predicted octanol–water partition coefficient (Wildman–Crippen LogP) is 2.77. The van der Waals surface area contributed by atoms with E-state index in [0.717, 1.165) is 11.3 Å². The van der Waals surface area contributed by atoms with Crippen molar-refractivity contribution in [1.82, 2.24) is 0 Å². The first kappa shape index (κ1) is 12.1. The lowest BCUT2D eigenvalue weighted by Crippen LogP contribution is -2.08. The summed E-state index contributed by atoms with van der Waals surface area (Å²) in [5, 5.41) is 0.549. The quantitative estimate of drug-likeness (QED) is 0.864. The highest BCUT2D eigenvalue weighted by Gasteiger charge is 2.12. The van der Waals surface area contributed by atoms with E-state index < -0.39 is 0 Å². The number of hydrogen-bond acceptors (Lipinski definition) is 3. The third-order valence-electron chi connectivity index (χ3n) is 2.07. The number of rotatable bonds is 4. The average molecular weight is 230 g/mol. The first-order chi connectivity index (χ1) is 7.10. The van der Waals surface area contributed by atoms with Crippen LogP contribution in [0.4, 0.5) is 0 Å². The maximum atomic E-state index is 6.01. The summed E-state index contributed by atoms with van der Waals surface area (Å²) in [6.07, 6.45) is 0. The van der Waals surface area contributed by atoms with Gasteiger partial charge in [-0.3, -0.25) is 0 Å². The lowest BCUT2D eigenvalue weighted by atomic mass is 10.1. The minimum absolute atomic E-state index is 0.116. The number of hydrogen-bond donors (Lipinski definition) is 1. The van der Waals surface area contributed by atoms with Crippen molar-refractivity contribution in [2.45, 2.75) is 19.9 Å². The highest BCUT2D eigenvalue weighted by molar-refractivity contribution is 6.32. The van der Waals surface area contributed by atoms with Gasteiger partial charge < -0.3 is 15.2 Å². The van der Waals surface area contributed by atoms with Crippen molar-refractivity contribution < 1.29 is 9.47 Å². The van der Waals surface area contributed by atoms with Gasteiger partial charge in [-0.1, -0.05) is 11.6 Å². The van der Waals surface area contributed by atoms with Crippen molar-refractivity contribution in [3.8, 4) is 11.5 Å². The Morgan fingerprint density at radius 3 is 2.53 bits per heavy atom. The molecule has 0 aliphatic rings. The Hall–Kier alpha value is -0.930. The highest BCUT2D eigenvalue weighted by Crippen LogP contribution is 2.34. The van der Waals surface area contributed by atoms with Crippen molar-refractivity contribution >= 4 is 11.6 Å². The van der Waals surface area contributed by atoms with Gasteiger partial charge in [0.1, 0.15) is 11.5 Å². The lowest BCUT2D eigenvalue weighted by Gasteiger charge is -2.15. The van der Waals surface area contributed by atoms with Gasteiger partial charge in [0, 0.05) is 17.7 Å². The van der Waals surface area contributed by atoms with E-state index in [-0.39, 0.29) is 6.04 Å². The topological polar surface area (TPSA) is 44.5 Å². The standard InChI is InChI=1S/C11H16ClNO2/c1-4-15-10-6-11(14-3)9(12)5-8(10)7(2)13/h5-7H,4,13H2,1-3H3. The molecule has 3 nitrogen and oxygen atoms in total. The molecule has 0 spiro atoms. The van der Waals surface area contributed by atoms with Gasteiger partial charge >= 0.3 is 0 Å². The van der Waals surface area contributed by atoms with Crippen molar-refractivity contribution in [3.05, 3.63) is 22.7 Å². The van der Waals surface area contributed by atoms with Gasteiger partial charge in [0.05, 0.1) is 18.7 Å². The lowest BCUT2D eigenvalue weighted by molar-refractivity contribution is 0.331. The Morgan fingerprint density at radius 1 is 1.40 bits per heavy atom. The van der Waals surface area contributed by atoms with Gasteiger partial charge in [-0.15, -0.1) is 0 Å². The molecule has 15 heavy (non-hydrogen) atoms. The van der Waals surface area contributed by atoms with Gasteiger partial charge in [0.15, 0.2) is 0 Å². The Labute approximate surface area is 95.1 Å². The molecule has 84 valence electrons. The second-order valence-electron chi connectivity index (χ2n) is 3.25. The second-order valence-corrected chi connectivity index (χ2v) is 3.65. The third kappa shape index (κ3) is 2.76. The van der Waals surface area contributed by atoms with E-state index in [4.69, 9.17) is 26.8 Å². The third-order valence-corrected chi connectivity index (χ3v) is 2.37. The van der Waals surface area contributed by atoms with E-state index in [1.54, 1.807) is 19.2 Å². The fraction of sp³-hybridized carbons (Fsp3) is 0.455. The van der Waals surface area contributed by atoms with E-state index in [1.807, 2.05) is 13.8 Å². The molecule has 1 rings (SSSR count). The summed E-state index contributed by atoms with van der Waals surface area (Å²) in [4.78, 5) is 0. The van der Waals surface area contributed by atoms with Crippen molar-refractivity contribution in [1.29, 1.82) is 0 Å². The molecule has 0 amide bonds. The van der Waals surface area contributed by atoms with E-state index in [1.165, 1.54) is 0 Å². The van der Waals surface area contributed by atoms with Crippen LogP contribution in [0.5, 0.6) is 11.5 Å². The van der Waals surface area contributed by atoms with Crippen LogP contribution in [0.1, 0.15) is 25.5 Å². The first-order valence-electron chi connectivity index (χ1n) is 4.86. The summed E-state index contributed by atoms with van der Waals surface area (Å²) in [5.41, 5.74) is 6.72. The van der Waals surface area contributed by atoms with Crippen LogP contribution in [0.15, 0.2) is 12.1 Å². The Kier molecular flexibility index (Phi) is 4.24. The summed E-state index contributed by atoms with van der Waals surface area (Å²) in [6, 6.07) is 3.44. The van der Waals surface area contributed by atoms with Crippen molar-refractivity contribution in [2.24, 2.45) is 5.73 Å². The molecule has 0 saturated carbocycles. The van der Waals surface area contributed by atoms with Crippen molar-refractivity contribution in [2.75, 3.05) is 13.7 Å². The number of halogens is 1. The molecule has 1 aromatic carbocycles. The molecule has 2 N–H and O–H groups in total. The summed E-state index contributed by atoms with van der Waals surface area (Å²) in [5.74, 6) is 1.33.